The number of aryl methyl sites for hydroxylation is 1. The van der Waals surface area contributed by atoms with E-state index in [0.29, 0.717) is 5.92 Å². The summed E-state index contributed by atoms with van der Waals surface area (Å²) in [5, 5.41) is 11.4. The van der Waals surface area contributed by atoms with Gasteiger partial charge in [0.1, 0.15) is 0 Å². The third kappa shape index (κ3) is 7.15. The SMILES string of the molecule is C.CCC(C)CC(C)C.Cc1c(C(C)C)ccc2nnnn12.[2HH].[2HH].[B]. The first-order chi connectivity index (χ1) is 9.86. The van der Waals surface area contributed by atoms with Gasteiger partial charge in [-0.1, -0.05) is 61.5 Å². The minimum atomic E-state index is 0. The molecular formula is C18H38BN4. The molecule has 0 spiro atoms. The standard InChI is InChI=1S/C9H12N4.C8H18.CH4.B.2H2/c1-6(2)8-4-5-9-10-11-12-13(9)7(8)3;1-5-8(4)6-7(2)3;;;;/h4-6H,1-3H3;7-8H,5-6H2,1-4H3;1H4;;2*1H/i;;;;2*1+1. The van der Waals surface area contributed by atoms with Gasteiger partial charge in [-0.15, -0.1) is 5.10 Å². The summed E-state index contributed by atoms with van der Waals surface area (Å²) in [7, 11) is 0. The first kappa shape index (κ1) is 23.9. The highest BCUT2D eigenvalue weighted by molar-refractivity contribution is 5.75. The third-order valence-electron chi connectivity index (χ3n) is 3.83. The third-order valence-corrected chi connectivity index (χ3v) is 3.83. The number of tetrazole rings is 1. The van der Waals surface area contributed by atoms with Crippen LogP contribution in [0.25, 0.3) is 5.65 Å². The number of hydrogen-bond acceptors (Lipinski definition) is 3. The molecule has 0 amide bonds. The monoisotopic (exact) mass is 323 g/mol. The molecule has 1 atom stereocenters. The quantitative estimate of drug-likeness (QED) is 0.709. The molecule has 4 nitrogen and oxygen atoms in total. The van der Waals surface area contributed by atoms with Crippen molar-refractivity contribution in [2.45, 2.75) is 74.7 Å². The van der Waals surface area contributed by atoms with E-state index in [1.807, 2.05) is 13.0 Å². The number of hydrogen-bond donors (Lipinski definition) is 0. The van der Waals surface area contributed by atoms with Crippen molar-refractivity contribution < 1.29 is 2.85 Å². The summed E-state index contributed by atoms with van der Waals surface area (Å²) in [5.74, 6) is 2.31. The molecular weight excluding hydrogens is 283 g/mol. The second-order valence-corrected chi connectivity index (χ2v) is 6.62. The summed E-state index contributed by atoms with van der Waals surface area (Å²) in [6, 6.07) is 4.04. The van der Waals surface area contributed by atoms with Crippen molar-refractivity contribution in [3.8, 4) is 0 Å². The Hall–Kier alpha value is -1.39. The average molecular weight is 323 g/mol. The molecule has 0 fully saturated rings. The minimum absolute atomic E-state index is 0. The predicted octanol–water partition coefficient (Wildman–Crippen LogP) is 5.38. The molecule has 0 aromatic carbocycles. The summed E-state index contributed by atoms with van der Waals surface area (Å²) >= 11 is 0. The van der Waals surface area contributed by atoms with E-state index in [9.17, 15) is 0 Å². The summed E-state index contributed by atoms with van der Waals surface area (Å²) in [6.45, 7) is 15.5. The lowest BCUT2D eigenvalue weighted by atomic mass is 9.97. The Labute approximate surface area is 147 Å². The fraction of sp³-hybridized carbons (Fsp3) is 0.722. The van der Waals surface area contributed by atoms with E-state index in [0.717, 1.165) is 23.2 Å². The molecule has 0 aliphatic heterocycles. The highest BCUT2D eigenvalue weighted by atomic mass is 15.5. The Balaban J connectivity index is -0.000000166. The molecule has 0 saturated carbocycles. The van der Waals surface area contributed by atoms with Crippen LogP contribution >= 0.6 is 0 Å². The molecule has 0 bridgehead atoms. The predicted molar refractivity (Wildman–Crippen MR) is 105 cm³/mol. The molecule has 0 saturated heterocycles. The van der Waals surface area contributed by atoms with Crippen molar-refractivity contribution in [2.24, 2.45) is 11.8 Å². The van der Waals surface area contributed by atoms with Crippen LogP contribution in [-0.4, -0.2) is 28.5 Å². The highest BCUT2D eigenvalue weighted by Crippen LogP contribution is 2.18. The van der Waals surface area contributed by atoms with Crippen molar-refractivity contribution in [3.05, 3.63) is 23.4 Å². The van der Waals surface area contributed by atoms with Crippen molar-refractivity contribution in [1.29, 1.82) is 0 Å². The molecule has 5 heteroatoms. The van der Waals surface area contributed by atoms with E-state index in [4.69, 9.17) is 0 Å². The zero-order valence-corrected chi connectivity index (χ0v) is 15.2. The van der Waals surface area contributed by atoms with E-state index < -0.39 is 0 Å². The number of aromatic nitrogens is 4. The maximum Gasteiger partial charge on any atom is 0.179 e. The van der Waals surface area contributed by atoms with Gasteiger partial charge in [0.2, 0.25) is 0 Å². The Morgan fingerprint density at radius 2 is 1.74 bits per heavy atom. The lowest BCUT2D eigenvalue weighted by Crippen LogP contribution is -2.00. The molecule has 0 N–H and O–H groups in total. The van der Waals surface area contributed by atoms with Crippen LogP contribution < -0.4 is 0 Å². The molecule has 2 aromatic heterocycles. The Kier molecular flexibility index (Phi) is 11.6. The van der Waals surface area contributed by atoms with Gasteiger partial charge < -0.3 is 0 Å². The summed E-state index contributed by atoms with van der Waals surface area (Å²) in [5.41, 5.74) is 3.22. The fourth-order valence-electron chi connectivity index (χ4n) is 2.53. The lowest BCUT2D eigenvalue weighted by molar-refractivity contribution is 0.429. The van der Waals surface area contributed by atoms with Gasteiger partial charge in [0.15, 0.2) is 5.65 Å². The summed E-state index contributed by atoms with van der Waals surface area (Å²) < 4.78 is 1.77. The van der Waals surface area contributed by atoms with Gasteiger partial charge in [-0.05, 0) is 53.2 Å². The van der Waals surface area contributed by atoms with E-state index in [2.05, 4.69) is 63.1 Å². The van der Waals surface area contributed by atoms with Crippen molar-refractivity contribution in [1.82, 2.24) is 20.0 Å². The Morgan fingerprint density at radius 1 is 1.13 bits per heavy atom. The van der Waals surface area contributed by atoms with Crippen LogP contribution in [0, 0.1) is 18.8 Å². The first-order valence-corrected chi connectivity index (χ1v) is 8.04. The smallest absolute Gasteiger partial charge is 0.179 e. The topological polar surface area (TPSA) is 43.1 Å². The van der Waals surface area contributed by atoms with Gasteiger partial charge in [0.05, 0.1) is 0 Å². The molecule has 133 valence electrons. The average Bonchev–Trinajstić information content (AvgIpc) is 2.87. The van der Waals surface area contributed by atoms with Gasteiger partial charge in [0, 0.05) is 17.0 Å². The summed E-state index contributed by atoms with van der Waals surface area (Å²) in [4.78, 5) is 0. The number of pyridine rings is 1. The zero-order chi connectivity index (χ0) is 16.0. The van der Waals surface area contributed by atoms with E-state index in [1.165, 1.54) is 18.4 Å². The molecule has 23 heavy (non-hydrogen) atoms. The van der Waals surface area contributed by atoms with Crippen LogP contribution in [0.4, 0.5) is 0 Å². The van der Waals surface area contributed by atoms with Gasteiger partial charge in [-0.25, -0.2) is 0 Å². The number of fused-ring (bicyclic) bond motifs is 1. The molecule has 0 aliphatic rings. The maximum absolute atomic E-state index is 3.92. The second-order valence-electron chi connectivity index (χ2n) is 6.62. The van der Waals surface area contributed by atoms with E-state index in [-0.39, 0.29) is 18.7 Å². The number of nitrogens with zero attached hydrogens (tertiary/aromatic N) is 4. The largest absolute Gasteiger partial charge is 0.198 e. The lowest BCUT2D eigenvalue weighted by Gasteiger charge is -2.09. The molecule has 2 heterocycles. The second kappa shape index (κ2) is 11.2. The Bertz CT molecular complexity index is 559. The van der Waals surface area contributed by atoms with Crippen LogP contribution in [0.15, 0.2) is 12.1 Å². The normalized spacial score (nSPS) is 11.5. The van der Waals surface area contributed by atoms with Crippen LogP contribution in [0.1, 0.15) is 81.8 Å². The molecule has 1 unspecified atom stereocenters. The van der Waals surface area contributed by atoms with Crippen LogP contribution in [0.5, 0.6) is 0 Å². The van der Waals surface area contributed by atoms with Gasteiger partial charge in [0.25, 0.3) is 0 Å². The van der Waals surface area contributed by atoms with Crippen LogP contribution in [-0.2, 0) is 0 Å². The van der Waals surface area contributed by atoms with E-state index in [1.54, 1.807) is 4.52 Å². The van der Waals surface area contributed by atoms with Crippen molar-refractivity contribution >= 4 is 14.1 Å². The van der Waals surface area contributed by atoms with Gasteiger partial charge >= 0.3 is 0 Å². The number of rotatable bonds is 4. The zero-order valence-electron chi connectivity index (χ0n) is 15.2. The summed E-state index contributed by atoms with van der Waals surface area (Å²) in [6.07, 6.45) is 2.72. The minimum Gasteiger partial charge on any atom is -0.198 e. The van der Waals surface area contributed by atoms with Crippen molar-refractivity contribution in [3.63, 3.8) is 0 Å². The van der Waals surface area contributed by atoms with Crippen molar-refractivity contribution in [2.75, 3.05) is 0 Å². The Morgan fingerprint density at radius 3 is 2.17 bits per heavy atom. The fourth-order valence-corrected chi connectivity index (χ4v) is 2.53. The van der Waals surface area contributed by atoms with Crippen LogP contribution in [0.2, 0.25) is 0 Å². The highest BCUT2D eigenvalue weighted by Gasteiger charge is 2.07. The van der Waals surface area contributed by atoms with E-state index >= 15 is 0 Å². The maximum atomic E-state index is 3.92. The first-order valence-electron chi connectivity index (χ1n) is 8.04. The molecule has 3 radical (unpaired) electrons. The van der Waals surface area contributed by atoms with Gasteiger partial charge in [-0.2, -0.15) is 4.52 Å². The molecule has 2 aromatic rings. The molecule has 0 aliphatic carbocycles. The van der Waals surface area contributed by atoms with Crippen LogP contribution in [0.3, 0.4) is 0 Å². The molecule has 2 rings (SSSR count). The van der Waals surface area contributed by atoms with Gasteiger partial charge in [-0.3, -0.25) is 0 Å².